The monoisotopic (exact) mass is 421 g/mol. The van der Waals surface area contributed by atoms with Gasteiger partial charge in [0, 0.05) is 28.1 Å². The van der Waals surface area contributed by atoms with Crippen LogP contribution >= 0.6 is 22.9 Å². The number of anilines is 1. The zero-order valence-corrected chi connectivity index (χ0v) is 16.7. The fourth-order valence-electron chi connectivity index (χ4n) is 2.49. The minimum Gasteiger partial charge on any atom is -0.298 e. The molecule has 3 rings (SSSR count). The molecule has 1 amide bonds. The molecule has 2 aromatic carbocycles. The van der Waals surface area contributed by atoms with Crippen LogP contribution in [0.3, 0.4) is 0 Å². The van der Waals surface area contributed by atoms with Gasteiger partial charge in [-0.15, -0.1) is 11.3 Å². The van der Waals surface area contributed by atoms with Gasteiger partial charge in [0.15, 0.2) is 5.13 Å². The highest BCUT2D eigenvalue weighted by atomic mass is 35.5. The van der Waals surface area contributed by atoms with E-state index in [-0.39, 0.29) is 10.5 Å². The minimum absolute atomic E-state index is 0.0753. The molecule has 0 bridgehead atoms. The second-order valence-electron chi connectivity index (χ2n) is 5.88. The number of aromatic nitrogens is 1. The van der Waals surface area contributed by atoms with Gasteiger partial charge in [-0.05, 0) is 36.2 Å². The lowest BCUT2D eigenvalue weighted by atomic mass is 10.1. The van der Waals surface area contributed by atoms with Crippen LogP contribution in [0.5, 0.6) is 0 Å². The van der Waals surface area contributed by atoms with E-state index in [9.17, 15) is 13.2 Å². The summed E-state index contributed by atoms with van der Waals surface area (Å²) in [6, 6.07) is 11.9. The maximum Gasteiger partial charge on any atom is 0.257 e. The Morgan fingerprint density at radius 3 is 2.70 bits per heavy atom. The lowest BCUT2D eigenvalue weighted by Gasteiger charge is -2.07. The van der Waals surface area contributed by atoms with Crippen LogP contribution in [-0.2, 0) is 16.4 Å². The first-order valence-electron chi connectivity index (χ1n) is 7.87. The summed E-state index contributed by atoms with van der Waals surface area (Å²) in [5, 5.41) is 8.95. The molecule has 1 heterocycles. The first-order chi connectivity index (χ1) is 12.7. The normalized spacial score (nSPS) is 11.4. The number of nitrogens with two attached hydrogens (primary N) is 1. The van der Waals surface area contributed by atoms with Crippen molar-refractivity contribution >= 4 is 44.0 Å². The van der Waals surface area contributed by atoms with E-state index in [2.05, 4.69) is 10.3 Å². The van der Waals surface area contributed by atoms with Crippen LogP contribution in [0.4, 0.5) is 5.13 Å². The largest absolute Gasteiger partial charge is 0.298 e. The van der Waals surface area contributed by atoms with Crippen molar-refractivity contribution in [3.63, 3.8) is 0 Å². The maximum absolute atomic E-state index is 12.4. The molecule has 3 aromatic rings. The highest BCUT2D eigenvalue weighted by Crippen LogP contribution is 2.25. The lowest BCUT2D eigenvalue weighted by Crippen LogP contribution is -2.16. The van der Waals surface area contributed by atoms with Crippen LogP contribution in [0.1, 0.15) is 26.4 Å². The number of rotatable bonds is 5. The highest BCUT2D eigenvalue weighted by Gasteiger charge is 2.16. The van der Waals surface area contributed by atoms with Crippen LogP contribution in [0, 0.1) is 6.92 Å². The van der Waals surface area contributed by atoms with Crippen LogP contribution in [0.2, 0.25) is 5.02 Å². The highest BCUT2D eigenvalue weighted by molar-refractivity contribution is 7.89. The summed E-state index contributed by atoms with van der Waals surface area (Å²) in [7, 11) is -3.90. The third-order valence-electron chi connectivity index (χ3n) is 3.85. The molecule has 27 heavy (non-hydrogen) atoms. The quantitative estimate of drug-likeness (QED) is 0.657. The molecule has 0 atom stereocenters. The number of hydrogen-bond acceptors (Lipinski definition) is 5. The Kier molecular flexibility index (Phi) is 5.61. The molecule has 0 saturated carbocycles. The van der Waals surface area contributed by atoms with E-state index in [0.717, 1.165) is 10.4 Å². The van der Waals surface area contributed by atoms with Crippen LogP contribution < -0.4 is 10.5 Å². The number of halogens is 1. The SMILES string of the molecule is Cc1ccc(C(=O)Nc2ncc(Cc3ccccc3Cl)s2)cc1S(N)(=O)=O. The fraction of sp³-hybridized carbons (Fsp3) is 0.111. The third-order valence-corrected chi connectivity index (χ3v) is 6.19. The Morgan fingerprint density at radius 2 is 2.00 bits per heavy atom. The number of amides is 1. The van der Waals surface area contributed by atoms with Crippen molar-refractivity contribution in [3.05, 3.63) is 75.3 Å². The van der Waals surface area contributed by atoms with E-state index >= 15 is 0 Å². The van der Waals surface area contributed by atoms with E-state index in [1.54, 1.807) is 19.2 Å². The topological polar surface area (TPSA) is 102 Å². The number of carbonyl (C=O) groups is 1. The van der Waals surface area contributed by atoms with E-state index in [1.165, 1.54) is 23.5 Å². The molecule has 0 unspecified atom stereocenters. The van der Waals surface area contributed by atoms with E-state index in [0.29, 0.717) is 22.1 Å². The van der Waals surface area contributed by atoms with Crippen molar-refractivity contribution in [1.82, 2.24) is 4.98 Å². The van der Waals surface area contributed by atoms with Gasteiger partial charge in [-0.1, -0.05) is 35.9 Å². The summed E-state index contributed by atoms with van der Waals surface area (Å²) in [5.41, 5.74) is 1.63. The van der Waals surface area contributed by atoms with Crippen LogP contribution in [-0.4, -0.2) is 19.3 Å². The number of hydrogen-bond donors (Lipinski definition) is 2. The van der Waals surface area contributed by atoms with Gasteiger partial charge < -0.3 is 0 Å². The predicted octanol–water partition coefficient (Wildman–Crippen LogP) is 3.60. The van der Waals surface area contributed by atoms with Crippen molar-refractivity contribution in [3.8, 4) is 0 Å². The molecule has 0 fully saturated rings. The summed E-state index contributed by atoms with van der Waals surface area (Å²) in [4.78, 5) is 17.5. The van der Waals surface area contributed by atoms with Gasteiger partial charge in [-0.3, -0.25) is 10.1 Å². The summed E-state index contributed by atoms with van der Waals surface area (Å²) >= 11 is 7.49. The number of carbonyl (C=O) groups excluding carboxylic acids is 1. The molecule has 0 spiro atoms. The van der Waals surface area contributed by atoms with Gasteiger partial charge >= 0.3 is 0 Å². The van der Waals surface area contributed by atoms with Crippen molar-refractivity contribution in [2.75, 3.05) is 5.32 Å². The number of nitrogens with zero attached hydrogens (tertiary/aromatic N) is 1. The Balaban J connectivity index is 1.76. The molecule has 0 radical (unpaired) electrons. The zero-order chi connectivity index (χ0) is 19.6. The molecule has 0 aliphatic rings. The second-order valence-corrected chi connectivity index (χ2v) is 8.93. The Hall–Kier alpha value is -2.26. The second kappa shape index (κ2) is 7.77. The zero-order valence-electron chi connectivity index (χ0n) is 14.3. The summed E-state index contributed by atoms with van der Waals surface area (Å²) in [6.07, 6.45) is 2.28. The van der Waals surface area contributed by atoms with Gasteiger partial charge in [0.1, 0.15) is 0 Å². The number of benzene rings is 2. The van der Waals surface area contributed by atoms with E-state index < -0.39 is 15.9 Å². The van der Waals surface area contributed by atoms with Crippen LogP contribution in [0.15, 0.2) is 53.6 Å². The standard InChI is InChI=1S/C18H16ClN3O3S2/c1-11-6-7-13(9-16(11)27(20,24)25)17(23)22-18-21-10-14(26-18)8-12-4-2-3-5-15(12)19/h2-7,9-10H,8H2,1H3,(H2,20,24,25)(H,21,22,23). The molecule has 3 N–H and O–H groups in total. The van der Waals surface area contributed by atoms with Gasteiger partial charge in [-0.25, -0.2) is 18.5 Å². The Bertz CT molecular complexity index is 1110. The molecule has 0 saturated heterocycles. The van der Waals surface area contributed by atoms with Gasteiger partial charge in [0.05, 0.1) is 4.90 Å². The maximum atomic E-state index is 12.4. The number of sulfonamides is 1. The molecular weight excluding hydrogens is 406 g/mol. The molecule has 0 aliphatic carbocycles. The third kappa shape index (κ3) is 4.72. The fourth-order valence-corrected chi connectivity index (χ4v) is 4.33. The summed E-state index contributed by atoms with van der Waals surface area (Å²) < 4.78 is 23.2. The number of primary sulfonamides is 1. The van der Waals surface area contributed by atoms with Gasteiger partial charge in [-0.2, -0.15) is 0 Å². The van der Waals surface area contributed by atoms with Crippen molar-refractivity contribution < 1.29 is 13.2 Å². The molecule has 140 valence electrons. The van der Waals surface area contributed by atoms with Crippen molar-refractivity contribution in [2.24, 2.45) is 5.14 Å². The molecular formula is C18H16ClN3O3S2. The van der Waals surface area contributed by atoms with Gasteiger partial charge in [0.2, 0.25) is 10.0 Å². The lowest BCUT2D eigenvalue weighted by molar-refractivity contribution is 0.102. The van der Waals surface area contributed by atoms with Gasteiger partial charge in [0.25, 0.3) is 5.91 Å². The smallest absolute Gasteiger partial charge is 0.257 e. The predicted molar refractivity (Wildman–Crippen MR) is 107 cm³/mol. The van der Waals surface area contributed by atoms with Crippen molar-refractivity contribution in [1.29, 1.82) is 0 Å². The first kappa shape index (κ1) is 19.5. The van der Waals surface area contributed by atoms with E-state index in [4.69, 9.17) is 16.7 Å². The Morgan fingerprint density at radius 1 is 1.26 bits per heavy atom. The minimum atomic E-state index is -3.90. The summed E-state index contributed by atoms with van der Waals surface area (Å²) in [6.45, 7) is 1.61. The number of aryl methyl sites for hydroxylation is 1. The molecule has 0 aliphatic heterocycles. The van der Waals surface area contributed by atoms with Crippen LogP contribution in [0.25, 0.3) is 0 Å². The molecule has 9 heteroatoms. The average Bonchev–Trinajstić information content (AvgIpc) is 3.03. The Labute approximate surface area is 166 Å². The summed E-state index contributed by atoms with van der Waals surface area (Å²) in [5.74, 6) is -0.460. The molecule has 1 aromatic heterocycles. The number of nitrogens with one attached hydrogen (secondary N) is 1. The first-order valence-corrected chi connectivity index (χ1v) is 10.6. The van der Waals surface area contributed by atoms with Crippen molar-refractivity contribution in [2.45, 2.75) is 18.2 Å². The average molecular weight is 422 g/mol. The molecule has 6 nitrogen and oxygen atoms in total. The van der Waals surface area contributed by atoms with E-state index in [1.807, 2.05) is 24.3 Å². The number of thiazole rings is 1.